The molecule has 3 rings (SSSR count). The topological polar surface area (TPSA) is 73.2 Å². The zero-order valence-electron chi connectivity index (χ0n) is 12.6. The third-order valence-corrected chi connectivity index (χ3v) is 5.28. The number of ether oxygens (including phenoxy) is 1. The number of hydrogen-bond donors (Lipinski definition) is 1. The first kappa shape index (κ1) is 16.8. The number of aryl methyl sites for hydroxylation is 1. The highest BCUT2D eigenvalue weighted by atomic mass is 35.5. The molecule has 1 amide bonds. The van der Waals surface area contributed by atoms with Gasteiger partial charge in [0.05, 0.1) is 23.4 Å². The molecule has 0 aliphatic heterocycles. The minimum atomic E-state index is -0.492. The minimum absolute atomic E-state index is 0.260. The number of carbonyl (C=O) groups excluding carboxylic acids is 2. The average molecular weight is 384 g/mol. The van der Waals surface area contributed by atoms with Crippen molar-refractivity contribution in [1.29, 1.82) is 0 Å². The van der Waals surface area contributed by atoms with Crippen molar-refractivity contribution in [3.63, 3.8) is 0 Å². The molecule has 3 aromatic rings. The molecular weight excluding hydrogens is 373 g/mol. The number of nitrogens with one attached hydrogen (secondary N) is 1. The van der Waals surface area contributed by atoms with E-state index in [9.17, 15) is 9.59 Å². The van der Waals surface area contributed by atoms with Crippen LogP contribution in [0.3, 0.4) is 0 Å². The molecule has 9 heteroatoms. The summed E-state index contributed by atoms with van der Waals surface area (Å²) >= 11 is 13.4. The number of nitrogens with zero attached hydrogens (tertiary/aromatic N) is 2. The molecule has 0 spiro atoms. The summed E-state index contributed by atoms with van der Waals surface area (Å²) < 4.78 is 6.86. The van der Waals surface area contributed by atoms with E-state index >= 15 is 0 Å². The number of rotatable bonds is 3. The van der Waals surface area contributed by atoms with Gasteiger partial charge in [-0.05, 0) is 18.2 Å². The van der Waals surface area contributed by atoms with Crippen molar-refractivity contribution in [3.05, 3.63) is 45.0 Å². The predicted molar refractivity (Wildman–Crippen MR) is 94.3 cm³/mol. The summed E-state index contributed by atoms with van der Waals surface area (Å²) in [6.07, 6.45) is 1.40. The zero-order valence-corrected chi connectivity index (χ0v) is 14.9. The first-order valence-corrected chi connectivity index (χ1v) is 8.28. The monoisotopic (exact) mass is 383 g/mol. The molecule has 0 bridgehead atoms. The third kappa shape index (κ3) is 2.86. The lowest BCUT2D eigenvalue weighted by Gasteiger charge is -2.06. The van der Waals surface area contributed by atoms with Gasteiger partial charge in [0.25, 0.3) is 5.91 Å². The largest absolute Gasteiger partial charge is 0.465 e. The van der Waals surface area contributed by atoms with Gasteiger partial charge in [0.15, 0.2) is 0 Å². The number of carbonyl (C=O) groups is 2. The van der Waals surface area contributed by atoms with Gasteiger partial charge in [-0.15, -0.1) is 11.3 Å². The maximum atomic E-state index is 12.3. The van der Waals surface area contributed by atoms with Gasteiger partial charge in [-0.25, -0.2) is 4.79 Å². The first-order chi connectivity index (χ1) is 11.4. The fourth-order valence-corrected chi connectivity index (χ4v) is 3.94. The summed E-state index contributed by atoms with van der Waals surface area (Å²) in [4.78, 5) is 24.4. The van der Waals surface area contributed by atoms with Crippen LogP contribution < -0.4 is 5.32 Å². The average Bonchev–Trinajstić information content (AvgIpc) is 3.06. The molecule has 6 nitrogen and oxygen atoms in total. The van der Waals surface area contributed by atoms with Gasteiger partial charge >= 0.3 is 5.97 Å². The summed E-state index contributed by atoms with van der Waals surface area (Å²) in [6, 6.07) is 5.17. The van der Waals surface area contributed by atoms with Gasteiger partial charge in [0, 0.05) is 22.8 Å². The van der Waals surface area contributed by atoms with E-state index in [1.54, 1.807) is 25.2 Å². The van der Waals surface area contributed by atoms with E-state index in [1.807, 2.05) is 0 Å². The SMILES string of the molecule is COC(=O)c1sc2cc(NC(=O)c3c(Cl)cnn3C)ccc2c1Cl. The molecule has 0 radical (unpaired) electrons. The number of benzene rings is 1. The fraction of sp³-hybridized carbons (Fsp3) is 0.133. The van der Waals surface area contributed by atoms with Crippen LogP contribution in [0.4, 0.5) is 5.69 Å². The van der Waals surface area contributed by atoms with Gasteiger partial charge in [-0.2, -0.15) is 5.10 Å². The summed E-state index contributed by atoms with van der Waals surface area (Å²) in [6.45, 7) is 0. The van der Waals surface area contributed by atoms with Gasteiger partial charge in [0.2, 0.25) is 0 Å². The van der Waals surface area contributed by atoms with Gasteiger partial charge in [-0.3, -0.25) is 9.48 Å². The van der Waals surface area contributed by atoms with Crippen LogP contribution in [-0.4, -0.2) is 28.8 Å². The van der Waals surface area contributed by atoms with Crippen LogP contribution in [0.2, 0.25) is 10.0 Å². The van der Waals surface area contributed by atoms with Crippen molar-refractivity contribution in [1.82, 2.24) is 9.78 Å². The molecule has 0 fully saturated rings. The fourth-order valence-electron chi connectivity index (χ4n) is 2.22. The highest BCUT2D eigenvalue weighted by Crippen LogP contribution is 2.37. The lowest BCUT2D eigenvalue weighted by atomic mass is 10.2. The smallest absolute Gasteiger partial charge is 0.349 e. The van der Waals surface area contributed by atoms with E-state index in [4.69, 9.17) is 27.9 Å². The van der Waals surface area contributed by atoms with Crippen molar-refractivity contribution in [3.8, 4) is 0 Å². The number of thiophene rings is 1. The third-order valence-electron chi connectivity index (χ3n) is 3.37. The Balaban J connectivity index is 1.94. The summed E-state index contributed by atoms with van der Waals surface area (Å²) in [5.74, 6) is -0.872. The van der Waals surface area contributed by atoms with Crippen LogP contribution in [0.15, 0.2) is 24.4 Å². The number of halogens is 2. The van der Waals surface area contributed by atoms with Crippen LogP contribution in [0.5, 0.6) is 0 Å². The normalized spacial score (nSPS) is 10.8. The lowest BCUT2D eigenvalue weighted by molar-refractivity contribution is 0.0606. The molecule has 2 aromatic heterocycles. The van der Waals surface area contributed by atoms with Crippen molar-refractivity contribution in [2.75, 3.05) is 12.4 Å². The molecule has 124 valence electrons. The maximum absolute atomic E-state index is 12.3. The molecular formula is C15H11Cl2N3O3S. The predicted octanol–water partition coefficient (Wildman–Crippen LogP) is 3.98. The number of anilines is 1. The second-order valence-electron chi connectivity index (χ2n) is 4.87. The standard InChI is InChI=1S/C15H11Cl2N3O3S/c1-20-12(9(16)6-18-20)14(21)19-7-3-4-8-10(5-7)24-13(11(8)17)15(22)23-2/h3-6H,1-2H3,(H,19,21). The van der Waals surface area contributed by atoms with Crippen LogP contribution in [-0.2, 0) is 11.8 Å². The van der Waals surface area contributed by atoms with Gasteiger partial charge in [0.1, 0.15) is 10.6 Å². The van der Waals surface area contributed by atoms with Crippen LogP contribution in [0.1, 0.15) is 20.2 Å². The Morgan fingerprint density at radius 1 is 1.33 bits per heavy atom. The van der Waals surface area contributed by atoms with Crippen molar-refractivity contribution >= 4 is 62.2 Å². The Morgan fingerprint density at radius 2 is 2.08 bits per heavy atom. The van der Waals surface area contributed by atoms with Gasteiger partial charge < -0.3 is 10.1 Å². The molecule has 0 atom stereocenters. The molecule has 0 aliphatic rings. The molecule has 0 aliphatic carbocycles. The second-order valence-corrected chi connectivity index (χ2v) is 6.70. The molecule has 24 heavy (non-hydrogen) atoms. The summed E-state index contributed by atoms with van der Waals surface area (Å²) in [5, 5.41) is 8.01. The van der Waals surface area contributed by atoms with Crippen LogP contribution in [0, 0.1) is 0 Å². The second kappa shape index (κ2) is 6.43. The molecule has 1 aromatic carbocycles. The number of fused-ring (bicyclic) bond motifs is 1. The molecule has 0 unspecified atom stereocenters. The van der Waals surface area contributed by atoms with E-state index in [-0.39, 0.29) is 16.6 Å². The number of esters is 1. The van der Waals surface area contributed by atoms with E-state index < -0.39 is 5.97 Å². The molecule has 0 saturated carbocycles. The van der Waals surface area contributed by atoms with Crippen LogP contribution in [0.25, 0.3) is 10.1 Å². The minimum Gasteiger partial charge on any atom is -0.465 e. The Kier molecular flexibility index (Phi) is 4.49. The van der Waals surface area contributed by atoms with E-state index in [1.165, 1.54) is 29.3 Å². The number of methoxy groups -OCH3 is 1. The van der Waals surface area contributed by atoms with Crippen molar-refractivity contribution in [2.24, 2.45) is 7.05 Å². The maximum Gasteiger partial charge on any atom is 0.349 e. The Morgan fingerprint density at radius 3 is 2.71 bits per heavy atom. The quantitative estimate of drug-likeness (QED) is 0.694. The first-order valence-electron chi connectivity index (χ1n) is 6.71. The van der Waals surface area contributed by atoms with E-state index in [0.29, 0.717) is 15.6 Å². The number of aromatic nitrogens is 2. The van der Waals surface area contributed by atoms with Crippen molar-refractivity contribution in [2.45, 2.75) is 0 Å². The Hall–Kier alpha value is -2.09. The van der Waals surface area contributed by atoms with Crippen LogP contribution >= 0.6 is 34.5 Å². The Bertz CT molecular complexity index is 945. The van der Waals surface area contributed by atoms with E-state index in [0.717, 1.165) is 10.1 Å². The van der Waals surface area contributed by atoms with Gasteiger partial charge in [-0.1, -0.05) is 23.2 Å². The zero-order chi connectivity index (χ0) is 17.4. The molecule has 0 saturated heterocycles. The molecule has 1 N–H and O–H groups in total. The number of amides is 1. The van der Waals surface area contributed by atoms with Crippen molar-refractivity contribution < 1.29 is 14.3 Å². The van der Waals surface area contributed by atoms with E-state index in [2.05, 4.69) is 10.4 Å². The lowest BCUT2D eigenvalue weighted by Crippen LogP contribution is -2.16. The highest BCUT2D eigenvalue weighted by Gasteiger charge is 2.19. The molecule has 2 heterocycles. The highest BCUT2D eigenvalue weighted by molar-refractivity contribution is 7.21. The Labute approximate surface area is 150 Å². The summed E-state index contributed by atoms with van der Waals surface area (Å²) in [5.41, 5.74) is 0.815. The summed E-state index contributed by atoms with van der Waals surface area (Å²) in [7, 11) is 2.93. The number of hydrogen-bond acceptors (Lipinski definition) is 5.